The standard InChI is InChI=1S/C21H28N2OS/c1-16-7-8-20-19(17(16)2)10-14-23(21(20)24)12-5-11-22(3)13-9-18-6-4-15-25-18/h4,6-8,15H,5,9-14H2,1-3H3. The van der Waals surface area contributed by atoms with E-state index in [1.165, 1.54) is 21.6 Å². The van der Waals surface area contributed by atoms with Crippen molar-refractivity contribution in [3.8, 4) is 0 Å². The van der Waals surface area contributed by atoms with Crippen LogP contribution in [0.4, 0.5) is 0 Å². The first kappa shape index (κ1) is 18.2. The molecule has 0 aliphatic carbocycles. The number of likely N-dealkylation sites (N-methyl/N-ethyl adjacent to an activating group) is 1. The summed E-state index contributed by atoms with van der Waals surface area (Å²) < 4.78 is 0. The lowest BCUT2D eigenvalue weighted by molar-refractivity contribution is 0.0733. The molecule has 0 bridgehead atoms. The van der Waals surface area contributed by atoms with Crippen LogP contribution >= 0.6 is 11.3 Å². The van der Waals surface area contributed by atoms with Gasteiger partial charge >= 0.3 is 0 Å². The van der Waals surface area contributed by atoms with E-state index >= 15 is 0 Å². The Morgan fingerprint density at radius 3 is 2.80 bits per heavy atom. The number of thiophene rings is 1. The van der Waals surface area contributed by atoms with E-state index in [1.807, 2.05) is 22.3 Å². The number of nitrogens with zero attached hydrogens (tertiary/aromatic N) is 2. The molecule has 1 aliphatic heterocycles. The van der Waals surface area contributed by atoms with Crippen LogP contribution in [0.15, 0.2) is 29.6 Å². The van der Waals surface area contributed by atoms with Gasteiger partial charge in [-0.2, -0.15) is 0 Å². The van der Waals surface area contributed by atoms with Gasteiger partial charge in [0, 0.05) is 30.1 Å². The number of benzene rings is 1. The van der Waals surface area contributed by atoms with Gasteiger partial charge in [-0.1, -0.05) is 12.1 Å². The zero-order valence-electron chi connectivity index (χ0n) is 15.5. The number of carbonyl (C=O) groups excluding carboxylic acids is 1. The fourth-order valence-electron chi connectivity index (χ4n) is 3.53. The smallest absolute Gasteiger partial charge is 0.254 e. The van der Waals surface area contributed by atoms with Crippen LogP contribution in [0.5, 0.6) is 0 Å². The Morgan fingerprint density at radius 1 is 1.20 bits per heavy atom. The van der Waals surface area contributed by atoms with Crippen LogP contribution in [-0.4, -0.2) is 48.9 Å². The average molecular weight is 357 g/mol. The Morgan fingerprint density at radius 2 is 2.04 bits per heavy atom. The highest BCUT2D eigenvalue weighted by molar-refractivity contribution is 7.09. The van der Waals surface area contributed by atoms with E-state index in [2.05, 4.69) is 49.4 Å². The van der Waals surface area contributed by atoms with Gasteiger partial charge in [0.15, 0.2) is 0 Å². The molecule has 0 N–H and O–H groups in total. The first-order valence-corrected chi connectivity index (χ1v) is 10.0. The number of carbonyl (C=O) groups is 1. The summed E-state index contributed by atoms with van der Waals surface area (Å²) in [7, 11) is 2.17. The van der Waals surface area contributed by atoms with Crippen LogP contribution in [0.25, 0.3) is 0 Å². The summed E-state index contributed by atoms with van der Waals surface area (Å²) in [6, 6.07) is 8.41. The van der Waals surface area contributed by atoms with Crippen LogP contribution in [0, 0.1) is 13.8 Å². The third-order valence-electron chi connectivity index (χ3n) is 5.31. The first-order valence-electron chi connectivity index (χ1n) is 9.15. The molecule has 1 aromatic carbocycles. The van der Waals surface area contributed by atoms with Gasteiger partial charge in [-0.15, -0.1) is 11.3 Å². The fraction of sp³-hybridized carbons (Fsp3) is 0.476. The van der Waals surface area contributed by atoms with Gasteiger partial charge in [-0.25, -0.2) is 0 Å². The molecule has 1 amide bonds. The Kier molecular flexibility index (Phi) is 5.92. The summed E-state index contributed by atoms with van der Waals surface area (Å²) in [5.41, 5.74) is 4.75. The van der Waals surface area contributed by atoms with Crippen molar-refractivity contribution < 1.29 is 4.79 Å². The highest BCUT2D eigenvalue weighted by Gasteiger charge is 2.25. The normalized spacial score (nSPS) is 14.2. The molecular formula is C21H28N2OS. The molecular weight excluding hydrogens is 328 g/mol. The molecule has 4 heteroatoms. The van der Waals surface area contributed by atoms with E-state index in [4.69, 9.17) is 0 Å². The number of aryl methyl sites for hydroxylation is 1. The summed E-state index contributed by atoms with van der Waals surface area (Å²) in [4.78, 5) is 18.6. The zero-order chi connectivity index (χ0) is 17.8. The first-order chi connectivity index (χ1) is 12.1. The second kappa shape index (κ2) is 8.15. The minimum absolute atomic E-state index is 0.214. The van der Waals surface area contributed by atoms with Gasteiger partial charge in [0.2, 0.25) is 0 Å². The Labute approximate surface area is 155 Å². The van der Waals surface area contributed by atoms with E-state index in [-0.39, 0.29) is 5.91 Å². The van der Waals surface area contributed by atoms with Crippen molar-refractivity contribution in [3.05, 3.63) is 56.8 Å². The van der Waals surface area contributed by atoms with Crippen molar-refractivity contribution in [2.45, 2.75) is 33.1 Å². The van der Waals surface area contributed by atoms with Gasteiger partial charge in [-0.05, 0) is 80.9 Å². The van der Waals surface area contributed by atoms with Crippen molar-refractivity contribution in [2.24, 2.45) is 0 Å². The SMILES string of the molecule is Cc1ccc2c(c1C)CCN(CCCN(C)CCc1cccs1)C2=O. The second-order valence-electron chi connectivity index (χ2n) is 7.06. The maximum Gasteiger partial charge on any atom is 0.254 e. The van der Waals surface area contributed by atoms with Crippen LogP contribution in [0.2, 0.25) is 0 Å². The Hall–Kier alpha value is -1.65. The molecule has 3 nitrogen and oxygen atoms in total. The molecule has 0 atom stereocenters. The largest absolute Gasteiger partial charge is 0.338 e. The van der Waals surface area contributed by atoms with E-state index in [1.54, 1.807) is 0 Å². The number of fused-ring (bicyclic) bond motifs is 1. The predicted molar refractivity (Wildman–Crippen MR) is 106 cm³/mol. The minimum Gasteiger partial charge on any atom is -0.338 e. The quantitative estimate of drug-likeness (QED) is 0.750. The fourth-order valence-corrected chi connectivity index (χ4v) is 4.23. The van der Waals surface area contributed by atoms with E-state index < -0.39 is 0 Å². The summed E-state index contributed by atoms with van der Waals surface area (Å²) >= 11 is 1.83. The lowest BCUT2D eigenvalue weighted by Gasteiger charge is -2.30. The second-order valence-corrected chi connectivity index (χ2v) is 8.09. The van der Waals surface area contributed by atoms with E-state index in [0.717, 1.165) is 51.0 Å². The molecule has 0 radical (unpaired) electrons. The van der Waals surface area contributed by atoms with Crippen molar-refractivity contribution in [2.75, 3.05) is 33.2 Å². The molecule has 2 aromatic rings. The van der Waals surface area contributed by atoms with Gasteiger partial charge < -0.3 is 9.80 Å². The molecule has 0 unspecified atom stereocenters. The molecule has 0 saturated carbocycles. The van der Waals surface area contributed by atoms with Gasteiger partial charge in [0.25, 0.3) is 5.91 Å². The Balaban J connectivity index is 1.47. The average Bonchev–Trinajstić information content (AvgIpc) is 3.12. The molecule has 25 heavy (non-hydrogen) atoms. The molecule has 0 saturated heterocycles. The van der Waals surface area contributed by atoms with Crippen molar-refractivity contribution in [3.63, 3.8) is 0 Å². The topological polar surface area (TPSA) is 23.6 Å². The molecule has 0 spiro atoms. The van der Waals surface area contributed by atoms with Crippen LogP contribution in [0.3, 0.4) is 0 Å². The van der Waals surface area contributed by atoms with Crippen molar-refractivity contribution in [1.29, 1.82) is 0 Å². The van der Waals surface area contributed by atoms with Gasteiger partial charge in [0.1, 0.15) is 0 Å². The van der Waals surface area contributed by atoms with Crippen LogP contribution in [-0.2, 0) is 12.8 Å². The maximum atomic E-state index is 12.8. The molecule has 1 aromatic heterocycles. The lowest BCUT2D eigenvalue weighted by atomic mass is 9.91. The maximum absolute atomic E-state index is 12.8. The van der Waals surface area contributed by atoms with E-state index in [9.17, 15) is 4.79 Å². The molecule has 3 rings (SSSR count). The monoisotopic (exact) mass is 356 g/mol. The number of hydrogen-bond donors (Lipinski definition) is 0. The third kappa shape index (κ3) is 4.31. The molecule has 1 aliphatic rings. The van der Waals surface area contributed by atoms with Crippen molar-refractivity contribution in [1.82, 2.24) is 9.80 Å². The molecule has 2 heterocycles. The third-order valence-corrected chi connectivity index (χ3v) is 6.24. The number of hydrogen-bond acceptors (Lipinski definition) is 3. The molecule has 134 valence electrons. The van der Waals surface area contributed by atoms with Crippen molar-refractivity contribution >= 4 is 17.2 Å². The summed E-state index contributed by atoms with van der Waals surface area (Å²) in [5.74, 6) is 0.214. The lowest BCUT2D eigenvalue weighted by Crippen LogP contribution is -2.39. The zero-order valence-corrected chi connectivity index (χ0v) is 16.4. The minimum atomic E-state index is 0.214. The van der Waals surface area contributed by atoms with Gasteiger partial charge in [-0.3, -0.25) is 4.79 Å². The van der Waals surface area contributed by atoms with E-state index in [0.29, 0.717) is 0 Å². The summed E-state index contributed by atoms with van der Waals surface area (Å²) in [6.07, 6.45) is 3.14. The summed E-state index contributed by atoms with van der Waals surface area (Å²) in [6.45, 7) is 8.09. The number of rotatable bonds is 7. The Bertz CT molecular complexity index is 724. The molecule has 0 fully saturated rings. The van der Waals surface area contributed by atoms with Gasteiger partial charge in [0.05, 0.1) is 0 Å². The summed E-state index contributed by atoms with van der Waals surface area (Å²) in [5, 5.41) is 2.14. The highest BCUT2D eigenvalue weighted by Crippen LogP contribution is 2.24. The van der Waals surface area contributed by atoms with Crippen LogP contribution in [0.1, 0.15) is 38.3 Å². The highest BCUT2D eigenvalue weighted by atomic mass is 32.1. The number of amides is 1. The predicted octanol–water partition coefficient (Wildman–Crippen LogP) is 3.93. The van der Waals surface area contributed by atoms with Crippen LogP contribution < -0.4 is 0 Å².